The van der Waals surface area contributed by atoms with E-state index < -0.39 is 5.54 Å². The second-order valence-electron chi connectivity index (χ2n) is 4.29. The van der Waals surface area contributed by atoms with E-state index in [0.29, 0.717) is 11.3 Å². The molecule has 0 fully saturated rings. The summed E-state index contributed by atoms with van der Waals surface area (Å²) in [6.07, 6.45) is 0. The minimum Gasteiger partial charge on any atom is -0.496 e. The standard InChI is InChI=1S/C12H15BrN2O2S/c1-12(2,11(14)18)15-10(16)8-5-4-7(13)6-9(8)17-3/h4-6H,1-3H3,(H2,14,18)(H,15,16). The second kappa shape index (κ2) is 5.67. The Morgan fingerprint density at radius 3 is 2.61 bits per heavy atom. The highest BCUT2D eigenvalue weighted by molar-refractivity contribution is 9.10. The SMILES string of the molecule is COc1cc(Br)ccc1C(=O)NC(C)(C)C(N)=S. The molecular weight excluding hydrogens is 316 g/mol. The zero-order valence-electron chi connectivity index (χ0n) is 10.4. The fraction of sp³-hybridized carbons (Fsp3) is 0.333. The molecule has 3 N–H and O–H groups in total. The molecule has 18 heavy (non-hydrogen) atoms. The topological polar surface area (TPSA) is 64.3 Å². The summed E-state index contributed by atoms with van der Waals surface area (Å²) in [6, 6.07) is 5.17. The van der Waals surface area contributed by atoms with Crippen LogP contribution in [0.2, 0.25) is 0 Å². The molecule has 0 aliphatic carbocycles. The molecule has 0 saturated carbocycles. The Hall–Kier alpha value is -1.14. The molecule has 1 aromatic carbocycles. The van der Waals surface area contributed by atoms with Crippen LogP contribution in [0, 0.1) is 0 Å². The number of nitrogens with one attached hydrogen (secondary N) is 1. The lowest BCUT2D eigenvalue weighted by atomic mass is 10.0. The maximum Gasteiger partial charge on any atom is 0.255 e. The van der Waals surface area contributed by atoms with Crippen molar-refractivity contribution in [3.63, 3.8) is 0 Å². The molecule has 1 aromatic rings. The summed E-state index contributed by atoms with van der Waals surface area (Å²) in [4.78, 5) is 12.4. The highest BCUT2D eigenvalue weighted by Crippen LogP contribution is 2.23. The molecule has 0 saturated heterocycles. The van der Waals surface area contributed by atoms with Crippen molar-refractivity contribution in [1.29, 1.82) is 0 Å². The molecule has 6 heteroatoms. The van der Waals surface area contributed by atoms with Gasteiger partial charge in [0.2, 0.25) is 0 Å². The number of halogens is 1. The molecule has 4 nitrogen and oxygen atoms in total. The van der Waals surface area contributed by atoms with Crippen molar-refractivity contribution in [2.24, 2.45) is 5.73 Å². The number of benzene rings is 1. The van der Waals surface area contributed by atoms with Crippen molar-refractivity contribution in [2.75, 3.05) is 7.11 Å². The molecule has 98 valence electrons. The number of hydrogen-bond acceptors (Lipinski definition) is 3. The fourth-order valence-electron chi connectivity index (χ4n) is 1.27. The van der Waals surface area contributed by atoms with Gasteiger partial charge in [-0.1, -0.05) is 28.1 Å². The predicted octanol–water partition coefficient (Wildman–Crippen LogP) is 2.25. The average Bonchev–Trinajstić information content (AvgIpc) is 2.27. The van der Waals surface area contributed by atoms with Gasteiger partial charge in [-0.2, -0.15) is 0 Å². The third-order valence-electron chi connectivity index (χ3n) is 2.45. The van der Waals surface area contributed by atoms with E-state index in [4.69, 9.17) is 22.7 Å². The van der Waals surface area contributed by atoms with E-state index in [0.717, 1.165) is 4.47 Å². The van der Waals surface area contributed by atoms with Gasteiger partial charge in [0, 0.05) is 4.47 Å². The summed E-state index contributed by atoms with van der Waals surface area (Å²) in [5.74, 6) is 0.206. The minimum absolute atomic E-state index is 0.229. The largest absolute Gasteiger partial charge is 0.496 e. The van der Waals surface area contributed by atoms with Crippen LogP contribution < -0.4 is 15.8 Å². The molecule has 0 aromatic heterocycles. The zero-order valence-corrected chi connectivity index (χ0v) is 12.8. The lowest BCUT2D eigenvalue weighted by molar-refractivity contribution is 0.0929. The fourth-order valence-corrected chi connectivity index (χ4v) is 1.66. The Balaban J connectivity index is 3.01. The molecule has 0 aliphatic rings. The summed E-state index contributed by atoms with van der Waals surface area (Å²) in [7, 11) is 1.51. The lowest BCUT2D eigenvalue weighted by Crippen LogP contribution is -2.52. The molecule has 0 radical (unpaired) electrons. The first-order chi connectivity index (χ1) is 8.27. The van der Waals surface area contributed by atoms with E-state index in [-0.39, 0.29) is 10.9 Å². The van der Waals surface area contributed by atoms with Gasteiger partial charge in [0.1, 0.15) is 5.75 Å². The van der Waals surface area contributed by atoms with E-state index in [1.54, 1.807) is 32.0 Å². The molecule has 0 atom stereocenters. The van der Waals surface area contributed by atoms with E-state index in [1.165, 1.54) is 7.11 Å². The van der Waals surface area contributed by atoms with E-state index in [1.807, 2.05) is 0 Å². The van der Waals surface area contributed by atoms with Crippen LogP contribution in [-0.4, -0.2) is 23.5 Å². The first-order valence-corrected chi connectivity index (χ1v) is 6.44. The van der Waals surface area contributed by atoms with E-state index >= 15 is 0 Å². The quantitative estimate of drug-likeness (QED) is 0.831. The maximum absolute atomic E-state index is 12.1. The second-order valence-corrected chi connectivity index (χ2v) is 5.64. The monoisotopic (exact) mass is 330 g/mol. The van der Waals surface area contributed by atoms with Gasteiger partial charge >= 0.3 is 0 Å². The third-order valence-corrected chi connectivity index (χ3v) is 3.45. The normalized spacial score (nSPS) is 10.9. The maximum atomic E-state index is 12.1. The smallest absolute Gasteiger partial charge is 0.255 e. The molecule has 0 spiro atoms. The molecule has 1 amide bonds. The van der Waals surface area contributed by atoms with Gasteiger partial charge in [0.25, 0.3) is 5.91 Å². The number of carbonyl (C=O) groups is 1. The van der Waals surface area contributed by atoms with Gasteiger partial charge in [0.15, 0.2) is 0 Å². The summed E-state index contributed by atoms with van der Waals surface area (Å²) in [6.45, 7) is 3.50. The molecular formula is C12H15BrN2O2S. The van der Waals surface area contributed by atoms with Crippen LogP contribution in [0.15, 0.2) is 22.7 Å². The van der Waals surface area contributed by atoms with Crippen molar-refractivity contribution in [3.8, 4) is 5.75 Å². The first-order valence-electron chi connectivity index (χ1n) is 5.24. The van der Waals surface area contributed by atoms with Crippen molar-refractivity contribution < 1.29 is 9.53 Å². The van der Waals surface area contributed by atoms with Crippen molar-refractivity contribution in [3.05, 3.63) is 28.2 Å². The van der Waals surface area contributed by atoms with Gasteiger partial charge in [-0.25, -0.2) is 0 Å². The molecule has 0 aliphatic heterocycles. The van der Waals surface area contributed by atoms with Gasteiger partial charge in [0.05, 0.1) is 23.2 Å². The van der Waals surface area contributed by atoms with Crippen molar-refractivity contribution in [2.45, 2.75) is 19.4 Å². The molecule has 0 heterocycles. The number of methoxy groups -OCH3 is 1. The Kier molecular flexibility index (Phi) is 4.70. The van der Waals surface area contributed by atoms with Crippen LogP contribution in [0.3, 0.4) is 0 Å². The highest BCUT2D eigenvalue weighted by atomic mass is 79.9. The predicted molar refractivity (Wildman–Crippen MR) is 79.0 cm³/mol. The number of hydrogen-bond donors (Lipinski definition) is 2. The Bertz CT molecular complexity index is 489. The first kappa shape index (κ1) is 14.9. The highest BCUT2D eigenvalue weighted by Gasteiger charge is 2.25. The van der Waals surface area contributed by atoms with E-state index in [9.17, 15) is 4.79 Å². The van der Waals surface area contributed by atoms with Crippen LogP contribution in [-0.2, 0) is 0 Å². The summed E-state index contributed by atoms with van der Waals surface area (Å²) in [5.41, 5.74) is 5.26. The van der Waals surface area contributed by atoms with Crippen LogP contribution >= 0.6 is 28.1 Å². The zero-order chi connectivity index (χ0) is 13.9. The Morgan fingerprint density at radius 1 is 1.50 bits per heavy atom. The van der Waals surface area contributed by atoms with Gasteiger partial charge < -0.3 is 15.8 Å². The van der Waals surface area contributed by atoms with Crippen molar-refractivity contribution in [1.82, 2.24) is 5.32 Å². The lowest BCUT2D eigenvalue weighted by Gasteiger charge is -2.25. The number of thiocarbonyl (C=S) groups is 1. The summed E-state index contributed by atoms with van der Waals surface area (Å²) < 4.78 is 6.00. The average molecular weight is 331 g/mol. The van der Waals surface area contributed by atoms with Gasteiger partial charge in [-0.05, 0) is 32.0 Å². The van der Waals surface area contributed by atoms with Gasteiger partial charge in [-0.3, -0.25) is 4.79 Å². The van der Waals surface area contributed by atoms with Crippen LogP contribution in [0.5, 0.6) is 5.75 Å². The molecule has 0 bridgehead atoms. The van der Waals surface area contributed by atoms with Crippen LogP contribution in [0.4, 0.5) is 0 Å². The minimum atomic E-state index is -0.746. The Labute approximate surface area is 120 Å². The van der Waals surface area contributed by atoms with Gasteiger partial charge in [-0.15, -0.1) is 0 Å². The molecule has 0 unspecified atom stereocenters. The number of carbonyl (C=O) groups excluding carboxylic acids is 1. The number of rotatable bonds is 4. The van der Waals surface area contributed by atoms with Crippen LogP contribution in [0.25, 0.3) is 0 Å². The van der Waals surface area contributed by atoms with Crippen LogP contribution in [0.1, 0.15) is 24.2 Å². The number of nitrogens with two attached hydrogens (primary N) is 1. The summed E-state index contributed by atoms with van der Waals surface area (Å²) >= 11 is 8.22. The van der Waals surface area contributed by atoms with Crippen molar-refractivity contribution >= 4 is 39.0 Å². The number of ether oxygens (including phenoxy) is 1. The summed E-state index contributed by atoms with van der Waals surface area (Å²) in [5, 5.41) is 2.77. The third kappa shape index (κ3) is 3.43. The van der Waals surface area contributed by atoms with E-state index in [2.05, 4.69) is 21.2 Å². The number of amides is 1. The molecule has 1 rings (SSSR count). The Morgan fingerprint density at radius 2 is 2.11 bits per heavy atom.